The molecule has 4 heteroatoms. The van der Waals surface area contributed by atoms with Crippen molar-refractivity contribution in [1.29, 1.82) is 0 Å². The molecule has 0 bridgehead atoms. The van der Waals surface area contributed by atoms with E-state index in [0.717, 1.165) is 6.42 Å². The quantitative estimate of drug-likeness (QED) is 0.589. The smallest absolute Gasteiger partial charge is 0.404 e. The van der Waals surface area contributed by atoms with Gasteiger partial charge in [0.25, 0.3) is 0 Å². The van der Waals surface area contributed by atoms with Crippen molar-refractivity contribution in [2.45, 2.75) is 13.3 Å². The van der Waals surface area contributed by atoms with Crippen LogP contribution in [0.2, 0.25) is 0 Å². The molecule has 0 fully saturated rings. The number of rotatable bonds is 4. The minimum atomic E-state index is -0.730. The number of hydrogen-bond acceptors (Lipinski definition) is 3. The maximum Gasteiger partial charge on any atom is 0.404 e. The molecule has 0 aliphatic rings. The Kier molecular flexibility index (Phi) is 4.66. The van der Waals surface area contributed by atoms with Crippen LogP contribution in [0.4, 0.5) is 4.79 Å². The third kappa shape index (κ3) is 4.14. The first kappa shape index (κ1) is 9.23. The van der Waals surface area contributed by atoms with Crippen LogP contribution in [-0.2, 0) is 4.74 Å². The molecule has 0 aromatic rings. The monoisotopic (exact) mass is 146 g/mol. The van der Waals surface area contributed by atoms with E-state index >= 15 is 0 Å². The fourth-order valence-corrected chi connectivity index (χ4v) is 0.553. The Hall–Kier alpha value is -0.770. The average molecular weight is 146 g/mol. The minimum absolute atomic E-state index is 0.243. The predicted octanol–water partition coefficient (Wildman–Crippen LogP) is 0.0666. The van der Waals surface area contributed by atoms with Gasteiger partial charge >= 0.3 is 6.09 Å². The number of amides is 1. The highest BCUT2D eigenvalue weighted by molar-refractivity contribution is 5.64. The molecular weight excluding hydrogens is 132 g/mol. The summed E-state index contributed by atoms with van der Waals surface area (Å²) in [5.74, 6) is 0.243. The van der Waals surface area contributed by atoms with Crippen molar-refractivity contribution in [3.8, 4) is 0 Å². The van der Waals surface area contributed by atoms with E-state index < -0.39 is 6.09 Å². The third-order valence-electron chi connectivity index (χ3n) is 1.37. The Labute approximate surface area is 60.5 Å². The number of carbonyl (C=O) groups excluding carboxylic acids is 1. The lowest BCUT2D eigenvalue weighted by Crippen LogP contribution is -2.23. The molecule has 4 N–H and O–H groups in total. The van der Waals surface area contributed by atoms with Crippen molar-refractivity contribution in [3.63, 3.8) is 0 Å². The molecule has 4 nitrogen and oxygen atoms in total. The lowest BCUT2D eigenvalue weighted by Gasteiger charge is -2.10. The third-order valence-corrected chi connectivity index (χ3v) is 1.37. The lowest BCUT2D eigenvalue weighted by atomic mass is 10.1. The van der Waals surface area contributed by atoms with Crippen LogP contribution < -0.4 is 11.5 Å². The molecule has 0 saturated carbocycles. The second kappa shape index (κ2) is 5.05. The Balaban J connectivity index is 3.34. The zero-order chi connectivity index (χ0) is 7.98. The van der Waals surface area contributed by atoms with Crippen LogP contribution in [-0.4, -0.2) is 19.2 Å². The van der Waals surface area contributed by atoms with E-state index in [-0.39, 0.29) is 5.92 Å². The van der Waals surface area contributed by atoms with Crippen molar-refractivity contribution in [1.82, 2.24) is 0 Å². The maximum atomic E-state index is 10.1. The van der Waals surface area contributed by atoms with Crippen LogP contribution >= 0.6 is 0 Å². The van der Waals surface area contributed by atoms with E-state index in [1.54, 1.807) is 0 Å². The second-order valence-electron chi connectivity index (χ2n) is 2.14. The summed E-state index contributed by atoms with van der Waals surface area (Å²) in [5.41, 5.74) is 10.1. The first-order chi connectivity index (χ1) is 4.70. The SMILES string of the molecule is CCC(CN)COC(N)=O. The molecule has 0 aromatic heterocycles. The Morgan fingerprint density at radius 3 is 2.60 bits per heavy atom. The molecule has 0 aliphatic carbocycles. The van der Waals surface area contributed by atoms with Gasteiger partial charge < -0.3 is 16.2 Å². The molecule has 0 aromatic carbocycles. The van der Waals surface area contributed by atoms with Gasteiger partial charge in [-0.25, -0.2) is 4.79 Å². The standard InChI is InChI=1S/C6H14N2O2/c1-2-5(3-7)4-10-6(8)9/h5H,2-4,7H2,1H3,(H2,8,9). The van der Waals surface area contributed by atoms with Gasteiger partial charge in [-0.05, 0) is 13.0 Å². The molecule has 0 radical (unpaired) electrons. The largest absolute Gasteiger partial charge is 0.449 e. The van der Waals surface area contributed by atoms with Crippen LogP contribution in [0.25, 0.3) is 0 Å². The van der Waals surface area contributed by atoms with Crippen molar-refractivity contribution in [3.05, 3.63) is 0 Å². The lowest BCUT2D eigenvalue weighted by molar-refractivity contribution is 0.136. The molecule has 1 unspecified atom stereocenters. The molecule has 0 saturated heterocycles. The van der Waals surface area contributed by atoms with Crippen LogP contribution in [0.1, 0.15) is 13.3 Å². The van der Waals surface area contributed by atoms with Gasteiger partial charge in [0.2, 0.25) is 0 Å². The highest BCUT2D eigenvalue weighted by atomic mass is 16.5. The Bertz CT molecular complexity index is 102. The summed E-state index contributed by atoms with van der Waals surface area (Å²) in [6.45, 7) is 2.86. The van der Waals surface area contributed by atoms with E-state index in [4.69, 9.17) is 11.5 Å². The zero-order valence-electron chi connectivity index (χ0n) is 6.17. The molecular formula is C6H14N2O2. The summed E-state index contributed by atoms with van der Waals surface area (Å²) < 4.78 is 4.54. The Morgan fingerprint density at radius 1 is 1.70 bits per heavy atom. The van der Waals surface area contributed by atoms with Crippen LogP contribution in [0.5, 0.6) is 0 Å². The summed E-state index contributed by atoms with van der Waals surface area (Å²) in [7, 11) is 0. The van der Waals surface area contributed by atoms with E-state index in [0.29, 0.717) is 13.2 Å². The van der Waals surface area contributed by atoms with E-state index in [9.17, 15) is 4.79 Å². The highest BCUT2D eigenvalue weighted by Gasteiger charge is 2.04. The van der Waals surface area contributed by atoms with Crippen LogP contribution in [0.3, 0.4) is 0 Å². The number of ether oxygens (including phenoxy) is 1. The van der Waals surface area contributed by atoms with Gasteiger partial charge in [0.15, 0.2) is 0 Å². The van der Waals surface area contributed by atoms with Crippen molar-refractivity contribution in [2.24, 2.45) is 17.4 Å². The van der Waals surface area contributed by atoms with Crippen LogP contribution in [0, 0.1) is 5.92 Å². The summed E-state index contributed by atoms with van der Waals surface area (Å²) in [6.07, 6.45) is 0.177. The van der Waals surface area contributed by atoms with Crippen molar-refractivity contribution in [2.75, 3.05) is 13.2 Å². The second-order valence-corrected chi connectivity index (χ2v) is 2.14. The summed E-state index contributed by atoms with van der Waals surface area (Å²) in [4.78, 5) is 10.1. The molecule has 10 heavy (non-hydrogen) atoms. The number of hydrogen-bond donors (Lipinski definition) is 2. The topological polar surface area (TPSA) is 78.3 Å². The van der Waals surface area contributed by atoms with Gasteiger partial charge in [0.1, 0.15) is 0 Å². The summed E-state index contributed by atoms with van der Waals surface area (Å²) in [5, 5.41) is 0. The molecule has 0 aliphatic heterocycles. The first-order valence-corrected chi connectivity index (χ1v) is 3.33. The maximum absolute atomic E-state index is 10.1. The molecule has 0 spiro atoms. The molecule has 60 valence electrons. The fraction of sp³-hybridized carbons (Fsp3) is 0.833. The molecule has 0 rings (SSSR count). The predicted molar refractivity (Wildman–Crippen MR) is 38.4 cm³/mol. The normalized spacial score (nSPS) is 12.6. The van der Waals surface area contributed by atoms with Gasteiger partial charge in [0.05, 0.1) is 6.61 Å². The average Bonchev–Trinajstić information content (AvgIpc) is 1.90. The summed E-state index contributed by atoms with van der Waals surface area (Å²) >= 11 is 0. The van der Waals surface area contributed by atoms with Gasteiger partial charge in [0, 0.05) is 5.92 Å². The number of nitrogens with two attached hydrogens (primary N) is 2. The molecule has 1 atom stereocenters. The van der Waals surface area contributed by atoms with E-state index in [2.05, 4.69) is 4.74 Å². The first-order valence-electron chi connectivity index (χ1n) is 3.33. The fourth-order valence-electron chi connectivity index (χ4n) is 0.553. The van der Waals surface area contributed by atoms with E-state index in [1.807, 2.05) is 6.92 Å². The zero-order valence-corrected chi connectivity index (χ0v) is 6.17. The van der Waals surface area contributed by atoms with Crippen LogP contribution in [0.15, 0.2) is 0 Å². The van der Waals surface area contributed by atoms with Gasteiger partial charge in [-0.1, -0.05) is 6.92 Å². The minimum Gasteiger partial charge on any atom is -0.449 e. The number of primary amides is 1. The van der Waals surface area contributed by atoms with Gasteiger partial charge in [-0.2, -0.15) is 0 Å². The number of carbonyl (C=O) groups is 1. The van der Waals surface area contributed by atoms with E-state index in [1.165, 1.54) is 0 Å². The Morgan fingerprint density at radius 2 is 2.30 bits per heavy atom. The highest BCUT2D eigenvalue weighted by Crippen LogP contribution is 1.99. The van der Waals surface area contributed by atoms with Gasteiger partial charge in [-0.3, -0.25) is 0 Å². The molecule has 1 amide bonds. The van der Waals surface area contributed by atoms with Crippen molar-refractivity contribution < 1.29 is 9.53 Å². The van der Waals surface area contributed by atoms with Crippen molar-refractivity contribution >= 4 is 6.09 Å². The van der Waals surface area contributed by atoms with Gasteiger partial charge in [-0.15, -0.1) is 0 Å². The summed E-state index contributed by atoms with van der Waals surface area (Å²) in [6, 6.07) is 0. The molecule has 0 heterocycles.